The van der Waals surface area contributed by atoms with E-state index < -0.39 is 0 Å². The van der Waals surface area contributed by atoms with Crippen molar-refractivity contribution in [3.05, 3.63) is 24.3 Å². The van der Waals surface area contributed by atoms with Crippen LogP contribution in [0.5, 0.6) is 0 Å². The number of benzene rings is 1. The van der Waals surface area contributed by atoms with Crippen LogP contribution in [0, 0.1) is 11.8 Å². The Labute approximate surface area is 143 Å². The zero-order valence-electron chi connectivity index (χ0n) is 14.8. The highest BCUT2D eigenvalue weighted by molar-refractivity contribution is 6.10. The SMILES string of the molecule is C[C@@H]1[C@@H](C)CCC[C@H]1[NH2+][C@@H](C)C(=O)N1CC(=O)Nc2ccccc21. The lowest BCUT2D eigenvalue weighted by molar-refractivity contribution is -0.715. The molecule has 2 amide bonds. The third-order valence-electron chi connectivity index (χ3n) is 5.73. The largest absolute Gasteiger partial charge is 0.334 e. The van der Waals surface area contributed by atoms with Gasteiger partial charge in [0.15, 0.2) is 6.04 Å². The topological polar surface area (TPSA) is 66.0 Å². The van der Waals surface area contributed by atoms with Crippen LogP contribution in [0.4, 0.5) is 11.4 Å². The Morgan fingerprint density at radius 2 is 2.04 bits per heavy atom. The first-order valence-corrected chi connectivity index (χ1v) is 9.02. The summed E-state index contributed by atoms with van der Waals surface area (Å²) in [5, 5.41) is 5.05. The molecule has 3 N–H and O–H groups in total. The van der Waals surface area contributed by atoms with Crippen molar-refractivity contribution in [2.45, 2.75) is 52.1 Å². The summed E-state index contributed by atoms with van der Waals surface area (Å²) in [4.78, 5) is 26.5. The monoisotopic (exact) mass is 330 g/mol. The van der Waals surface area contributed by atoms with Gasteiger partial charge in [-0.2, -0.15) is 0 Å². The molecule has 130 valence electrons. The van der Waals surface area contributed by atoms with Gasteiger partial charge in [0, 0.05) is 5.92 Å². The number of rotatable bonds is 3. The van der Waals surface area contributed by atoms with Crippen LogP contribution in [0.2, 0.25) is 0 Å². The Balaban J connectivity index is 1.73. The number of nitrogens with two attached hydrogens (primary N) is 1. The molecule has 1 aliphatic carbocycles. The molecule has 0 bridgehead atoms. The zero-order chi connectivity index (χ0) is 17.3. The molecule has 1 fully saturated rings. The second-order valence-electron chi connectivity index (χ2n) is 7.40. The molecule has 1 heterocycles. The molecule has 0 radical (unpaired) electrons. The molecule has 4 atom stereocenters. The predicted molar refractivity (Wildman–Crippen MR) is 94.8 cm³/mol. The molecule has 1 aliphatic heterocycles. The Morgan fingerprint density at radius 3 is 2.83 bits per heavy atom. The van der Waals surface area contributed by atoms with E-state index in [9.17, 15) is 9.59 Å². The Kier molecular flexibility index (Phi) is 4.90. The number of carbonyl (C=O) groups excluding carboxylic acids is 2. The Morgan fingerprint density at radius 1 is 1.29 bits per heavy atom. The van der Waals surface area contributed by atoms with Gasteiger partial charge in [0.25, 0.3) is 5.91 Å². The maximum Gasteiger partial charge on any atom is 0.285 e. The van der Waals surface area contributed by atoms with Crippen LogP contribution in [0.1, 0.15) is 40.0 Å². The Hall–Kier alpha value is -1.88. The van der Waals surface area contributed by atoms with E-state index in [-0.39, 0.29) is 24.4 Å². The van der Waals surface area contributed by atoms with E-state index in [4.69, 9.17) is 0 Å². The molecule has 0 spiro atoms. The molecule has 0 aromatic heterocycles. The van der Waals surface area contributed by atoms with Crippen LogP contribution in [-0.4, -0.2) is 30.4 Å². The average molecular weight is 330 g/mol. The first kappa shape index (κ1) is 17.0. The highest BCUT2D eigenvalue weighted by Crippen LogP contribution is 2.30. The summed E-state index contributed by atoms with van der Waals surface area (Å²) >= 11 is 0. The summed E-state index contributed by atoms with van der Waals surface area (Å²) in [6.45, 7) is 6.67. The second kappa shape index (κ2) is 6.93. The Bertz CT molecular complexity index is 631. The summed E-state index contributed by atoms with van der Waals surface area (Å²) < 4.78 is 0. The number of anilines is 2. The number of carbonyl (C=O) groups is 2. The summed E-state index contributed by atoms with van der Waals surface area (Å²) in [5.74, 6) is 1.21. The molecule has 1 aromatic carbocycles. The maximum atomic E-state index is 13.0. The third kappa shape index (κ3) is 3.31. The number of hydrogen-bond acceptors (Lipinski definition) is 2. The fourth-order valence-electron chi connectivity index (χ4n) is 4.02. The number of amides is 2. The fraction of sp³-hybridized carbons (Fsp3) is 0.579. The molecule has 1 saturated carbocycles. The van der Waals surface area contributed by atoms with E-state index in [0.29, 0.717) is 23.6 Å². The van der Waals surface area contributed by atoms with Gasteiger partial charge in [0.2, 0.25) is 5.91 Å². The molecule has 3 rings (SSSR count). The lowest BCUT2D eigenvalue weighted by atomic mass is 9.78. The predicted octanol–water partition coefficient (Wildman–Crippen LogP) is 1.75. The molecular formula is C19H28N3O2+. The molecule has 5 heteroatoms. The average Bonchev–Trinajstić information content (AvgIpc) is 2.57. The number of quaternary nitrogens is 1. The third-order valence-corrected chi connectivity index (χ3v) is 5.73. The minimum atomic E-state index is -0.179. The summed E-state index contributed by atoms with van der Waals surface area (Å²) in [6, 6.07) is 7.81. The molecular weight excluding hydrogens is 302 g/mol. The van der Waals surface area contributed by atoms with E-state index in [2.05, 4.69) is 24.5 Å². The number of nitrogens with zero attached hydrogens (tertiary/aromatic N) is 1. The first-order valence-electron chi connectivity index (χ1n) is 9.02. The molecule has 1 aromatic rings. The van der Waals surface area contributed by atoms with E-state index in [1.54, 1.807) is 4.90 Å². The summed E-state index contributed by atoms with van der Waals surface area (Å²) in [6.07, 6.45) is 3.69. The summed E-state index contributed by atoms with van der Waals surface area (Å²) in [5.41, 5.74) is 1.52. The zero-order valence-corrected chi connectivity index (χ0v) is 14.8. The van der Waals surface area contributed by atoms with Gasteiger partial charge in [-0.1, -0.05) is 26.0 Å². The van der Waals surface area contributed by atoms with Gasteiger partial charge in [-0.15, -0.1) is 0 Å². The van der Waals surface area contributed by atoms with Crippen molar-refractivity contribution >= 4 is 23.2 Å². The van der Waals surface area contributed by atoms with Crippen molar-refractivity contribution in [2.75, 3.05) is 16.8 Å². The van der Waals surface area contributed by atoms with Gasteiger partial charge < -0.3 is 10.6 Å². The second-order valence-corrected chi connectivity index (χ2v) is 7.40. The lowest BCUT2D eigenvalue weighted by Gasteiger charge is -2.35. The van der Waals surface area contributed by atoms with Crippen LogP contribution < -0.4 is 15.5 Å². The van der Waals surface area contributed by atoms with Crippen molar-refractivity contribution in [1.29, 1.82) is 0 Å². The van der Waals surface area contributed by atoms with Gasteiger partial charge in [-0.05, 0) is 44.2 Å². The van der Waals surface area contributed by atoms with Crippen molar-refractivity contribution in [3.8, 4) is 0 Å². The number of nitrogens with one attached hydrogen (secondary N) is 1. The van der Waals surface area contributed by atoms with Gasteiger partial charge in [-0.25, -0.2) is 0 Å². The molecule has 5 nitrogen and oxygen atoms in total. The highest BCUT2D eigenvalue weighted by Gasteiger charge is 2.36. The maximum absolute atomic E-state index is 13.0. The standard InChI is InChI=1S/C19H27N3O2/c1-12-7-6-9-15(13(12)2)20-14(3)19(24)22-11-18(23)21-16-8-4-5-10-17(16)22/h4-5,8,10,12-15,20H,6-7,9,11H2,1-3H3,(H,21,23)/p+1/t12-,13+,14-,15+/m0/s1. The van der Waals surface area contributed by atoms with Crippen molar-refractivity contribution in [1.82, 2.24) is 0 Å². The smallest absolute Gasteiger partial charge is 0.285 e. The lowest BCUT2D eigenvalue weighted by Crippen LogP contribution is -2.98. The normalized spacial score (nSPS) is 28.0. The van der Waals surface area contributed by atoms with Crippen molar-refractivity contribution in [3.63, 3.8) is 0 Å². The molecule has 24 heavy (non-hydrogen) atoms. The number of hydrogen-bond donors (Lipinski definition) is 2. The van der Waals surface area contributed by atoms with Crippen LogP contribution in [0.15, 0.2) is 24.3 Å². The minimum absolute atomic E-state index is 0.0164. The summed E-state index contributed by atoms with van der Waals surface area (Å²) in [7, 11) is 0. The van der Waals surface area contributed by atoms with E-state index >= 15 is 0 Å². The van der Waals surface area contributed by atoms with Crippen LogP contribution in [-0.2, 0) is 9.59 Å². The fourth-order valence-corrected chi connectivity index (χ4v) is 4.02. The van der Waals surface area contributed by atoms with Crippen molar-refractivity contribution in [2.24, 2.45) is 11.8 Å². The first-order chi connectivity index (χ1) is 11.5. The number of fused-ring (bicyclic) bond motifs is 1. The van der Waals surface area contributed by atoms with Crippen LogP contribution >= 0.6 is 0 Å². The van der Waals surface area contributed by atoms with Crippen molar-refractivity contribution < 1.29 is 14.9 Å². The van der Waals surface area contributed by atoms with E-state index in [1.165, 1.54) is 19.3 Å². The van der Waals surface area contributed by atoms with E-state index in [1.807, 2.05) is 31.2 Å². The van der Waals surface area contributed by atoms with Crippen LogP contribution in [0.3, 0.4) is 0 Å². The molecule has 0 unspecified atom stereocenters. The molecule has 0 saturated heterocycles. The van der Waals surface area contributed by atoms with Gasteiger partial charge in [0.1, 0.15) is 6.54 Å². The number of para-hydroxylation sites is 2. The minimum Gasteiger partial charge on any atom is -0.334 e. The van der Waals surface area contributed by atoms with Gasteiger partial charge in [0.05, 0.1) is 17.4 Å². The van der Waals surface area contributed by atoms with E-state index in [0.717, 1.165) is 5.69 Å². The molecule has 2 aliphatic rings. The van der Waals surface area contributed by atoms with Gasteiger partial charge in [-0.3, -0.25) is 14.5 Å². The van der Waals surface area contributed by atoms with Crippen LogP contribution in [0.25, 0.3) is 0 Å². The van der Waals surface area contributed by atoms with Gasteiger partial charge >= 0.3 is 0 Å². The highest BCUT2D eigenvalue weighted by atomic mass is 16.2. The quantitative estimate of drug-likeness (QED) is 0.887.